The van der Waals surface area contributed by atoms with Crippen molar-refractivity contribution in [2.75, 3.05) is 10.8 Å². The highest BCUT2D eigenvalue weighted by Gasteiger charge is 2.27. The van der Waals surface area contributed by atoms with Gasteiger partial charge in [-0.25, -0.2) is 13.8 Å². The number of sulfonamides is 1. The molecule has 3 rings (SSSR count). The number of amides is 1. The van der Waals surface area contributed by atoms with Gasteiger partial charge in [0.15, 0.2) is 0 Å². The summed E-state index contributed by atoms with van der Waals surface area (Å²) in [4.78, 5) is 12.8. The van der Waals surface area contributed by atoms with Crippen LogP contribution in [-0.4, -0.2) is 26.6 Å². The molecular weight excluding hydrogens is 410 g/mol. The lowest BCUT2D eigenvalue weighted by atomic mass is 10.1. The monoisotopic (exact) mass is 435 g/mol. The third kappa shape index (κ3) is 5.58. The summed E-state index contributed by atoms with van der Waals surface area (Å²) >= 11 is 0. The van der Waals surface area contributed by atoms with E-state index in [0.29, 0.717) is 11.4 Å². The van der Waals surface area contributed by atoms with Crippen LogP contribution in [0.25, 0.3) is 0 Å². The lowest BCUT2D eigenvalue weighted by Crippen LogP contribution is -2.39. The maximum absolute atomic E-state index is 13.4. The molecule has 3 aromatic rings. The number of nitrogens with one attached hydrogen (secondary N) is 1. The zero-order valence-corrected chi connectivity index (χ0v) is 18.6. The van der Waals surface area contributed by atoms with Crippen LogP contribution in [0.2, 0.25) is 0 Å². The SMILES string of the molecule is C/C(=N/NC(=O)CN(c1cccc(C)c1)S(=O)(=O)c1ccc(C)cc1)c1ccccc1. The molecule has 1 N–H and O–H groups in total. The van der Waals surface area contributed by atoms with E-state index < -0.39 is 22.5 Å². The lowest BCUT2D eigenvalue weighted by molar-refractivity contribution is -0.119. The summed E-state index contributed by atoms with van der Waals surface area (Å²) in [5, 5.41) is 4.12. The molecule has 0 aliphatic heterocycles. The molecule has 7 heteroatoms. The van der Waals surface area contributed by atoms with Crippen LogP contribution in [0.1, 0.15) is 23.6 Å². The Bertz CT molecular complexity index is 1190. The van der Waals surface area contributed by atoms with Gasteiger partial charge in [-0.2, -0.15) is 5.10 Å². The molecule has 1 amide bonds. The summed E-state index contributed by atoms with van der Waals surface area (Å²) in [6, 6.07) is 23.0. The second-order valence-electron chi connectivity index (χ2n) is 7.26. The molecule has 0 atom stereocenters. The second-order valence-corrected chi connectivity index (χ2v) is 9.12. The number of aryl methyl sites for hydroxylation is 2. The molecule has 31 heavy (non-hydrogen) atoms. The van der Waals surface area contributed by atoms with Crippen molar-refractivity contribution in [1.82, 2.24) is 5.43 Å². The van der Waals surface area contributed by atoms with Gasteiger partial charge in [-0.15, -0.1) is 0 Å². The zero-order valence-electron chi connectivity index (χ0n) is 17.7. The highest BCUT2D eigenvalue weighted by Crippen LogP contribution is 2.24. The molecule has 0 bridgehead atoms. The summed E-state index contributed by atoms with van der Waals surface area (Å²) in [6.07, 6.45) is 0. The average Bonchev–Trinajstić information content (AvgIpc) is 2.76. The van der Waals surface area contributed by atoms with Gasteiger partial charge in [0.25, 0.3) is 15.9 Å². The Balaban J connectivity index is 1.88. The van der Waals surface area contributed by atoms with E-state index in [1.165, 1.54) is 0 Å². The van der Waals surface area contributed by atoms with Gasteiger partial charge >= 0.3 is 0 Å². The smallest absolute Gasteiger partial charge is 0.264 e. The highest BCUT2D eigenvalue weighted by molar-refractivity contribution is 7.92. The molecule has 160 valence electrons. The summed E-state index contributed by atoms with van der Waals surface area (Å²) < 4.78 is 27.8. The molecule has 0 unspecified atom stereocenters. The predicted octanol–water partition coefficient (Wildman–Crippen LogP) is 4.04. The average molecular weight is 436 g/mol. The number of hydrogen-bond donors (Lipinski definition) is 1. The van der Waals surface area contributed by atoms with Crippen LogP contribution in [0.4, 0.5) is 5.69 Å². The Morgan fingerprint density at radius 2 is 1.58 bits per heavy atom. The molecule has 0 saturated heterocycles. The molecule has 0 fully saturated rings. The van der Waals surface area contributed by atoms with Gasteiger partial charge in [-0.1, -0.05) is 60.2 Å². The van der Waals surface area contributed by atoms with Gasteiger partial charge in [0.1, 0.15) is 6.54 Å². The Kier molecular flexibility index (Phi) is 6.87. The number of carbonyl (C=O) groups is 1. The first kappa shape index (κ1) is 22.2. The molecule has 6 nitrogen and oxygen atoms in total. The van der Waals surface area contributed by atoms with E-state index in [2.05, 4.69) is 10.5 Å². The van der Waals surface area contributed by atoms with Crippen molar-refractivity contribution < 1.29 is 13.2 Å². The summed E-state index contributed by atoms with van der Waals surface area (Å²) in [7, 11) is -3.95. The summed E-state index contributed by atoms with van der Waals surface area (Å²) in [6.45, 7) is 5.13. The van der Waals surface area contributed by atoms with Crippen molar-refractivity contribution >= 4 is 27.3 Å². The molecule has 0 heterocycles. The highest BCUT2D eigenvalue weighted by atomic mass is 32.2. The quantitative estimate of drug-likeness (QED) is 0.449. The maximum Gasteiger partial charge on any atom is 0.264 e. The number of carbonyl (C=O) groups excluding carboxylic acids is 1. The molecule has 0 aromatic heterocycles. The van der Waals surface area contributed by atoms with Crippen molar-refractivity contribution in [3.63, 3.8) is 0 Å². The standard InChI is InChI=1S/C24H25N3O3S/c1-18-12-14-23(15-13-18)31(29,30)27(22-11-7-8-19(2)16-22)17-24(28)26-25-20(3)21-9-5-4-6-10-21/h4-16H,17H2,1-3H3,(H,26,28)/b25-20-. The maximum atomic E-state index is 13.4. The normalized spacial score (nSPS) is 11.8. The first-order valence-corrected chi connectivity index (χ1v) is 11.3. The first-order valence-electron chi connectivity index (χ1n) is 9.82. The van der Waals surface area contributed by atoms with Gasteiger partial charge in [0.2, 0.25) is 0 Å². The minimum absolute atomic E-state index is 0.122. The summed E-state index contributed by atoms with van der Waals surface area (Å²) in [5.74, 6) is -0.535. The fourth-order valence-corrected chi connectivity index (χ4v) is 4.40. The Labute approximate surface area is 183 Å². The number of nitrogens with zero attached hydrogens (tertiary/aromatic N) is 2. The van der Waals surface area contributed by atoms with Crippen molar-refractivity contribution in [3.05, 3.63) is 95.6 Å². The number of benzene rings is 3. The van der Waals surface area contributed by atoms with E-state index >= 15 is 0 Å². The first-order chi connectivity index (χ1) is 14.8. The Morgan fingerprint density at radius 3 is 2.23 bits per heavy atom. The molecule has 0 spiro atoms. The van der Waals surface area contributed by atoms with Crippen molar-refractivity contribution in [2.24, 2.45) is 5.10 Å². The number of hydrazone groups is 1. The van der Waals surface area contributed by atoms with Gasteiger partial charge in [-0.3, -0.25) is 9.10 Å². The van der Waals surface area contributed by atoms with Gasteiger partial charge in [0, 0.05) is 0 Å². The summed E-state index contributed by atoms with van der Waals surface area (Å²) in [5.41, 5.74) is 6.21. The molecule has 0 saturated carbocycles. The van der Waals surface area contributed by atoms with E-state index in [-0.39, 0.29) is 4.90 Å². The van der Waals surface area contributed by atoms with Crippen LogP contribution < -0.4 is 9.73 Å². The van der Waals surface area contributed by atoms with E-state index in [0.717, 1.165) is 21.0 Å². The number of rotatable bonds is 7. The molecular formula is C24H25N3O3S. The van der Waals surface area contributed by atoms with Crippen LogP contribution in [-0.2, 0) is 14.8 Å². The predicted molar refractivity (Wildman–Crippen MR) is 124 cm³/mol. The van der Waals surface area contributed by atoms with E-state index in [1.807, 2.05) is 50.2 Å². The molecule has 3 aromatic carbocycles. The molecule has 0 radical (unpaired) electrons. The van der Waals surface area contributed by atoms with E-state index in [9.17, 15) is 13.2 Å². The largest absolute Gasteiger partial charge is 0.271 e. The van der Waals surface area contributed by atoms with E-state index in [1.54, 1.807) is 49.4 Å². The van der Waals surface area contributed by atoms with Crippen LogP contribution in [0, 0.1) is 13.8 Å². The van der Waals surface area contributed by atoms with Gasteiger partial charge in [-0.05, 0) is 56.2 Å². The third-order valence-electron chi connectivity index (χ3n) is 4.73. The van der Waals surface area contributed by atoms with Gasteiger partial charge < -0.3 is 0 Å². The Hall–Kier alpha value is -3.45. The van der Waals surface area contributed by atoms with Crippen LogP contribution >= 0.6 is 0 Å². The third-order valence-corrected chi connectivity index (χ3v) is 6.51. The van der Waals surface area contributed by atoms with Crippen molar-refractivity contribution in [3.8, 4) is 0 Å². The molecule has 0 aliphatic rings. The van der Waals surface area contributed by atoms with Crippen molar-refractivity contribution in [2.45, 2.75) is 25.7 Å². The number of anilines is 1. The fraction of sp³-hybridized carbons (Fsp3) is 0.167. The van der Waals surface area contributed by atoms with Gasteiger partial charge in [0.05, 0.1) is 16.3 Å². The molecule has 0 aliphatic carbocycles. The topological polar surface area (TPSA) is 78.8 Å². The van der Waals surface area contributed by atoms with Crippen LogP contribution in [0.15, 0.2) is 88.9 Å². The van der Waals surface area contributed by atoms with Crippen LogP contribution in [0.3, 0.4) is 0 Å². The minimum Gasteiger partial charge on any atom is -0.271 e. The zero-order chi connectivity index (χ0) is 22.4. The Morgan fingerprint density at radius 1 is 0.903 bits per heavy atom. The minimum atomic E-state index is -3.95. The lowest BCUT2D eigenvalue weighted by Gasteiger charge is -2.24. The second kappa shape index (κ2) is 9.57. The van der Waals surface area contributed by atoms with Crippen LogP contribution in [0.5, 0.6) is 0 Å². The van der Waals surface area contributed by atoms with Crippen molar-refractivity contribution in [1.29, 1.82) is 0 Å². The van der Waals surface area contributed by atoms with E-state index in [4.69, 9.17) is 0 Å². The fourth-order valence-electron chi connectivity index (χ4n) is 2.99. The number of hydrogen-bond acceptors (Lipinski definition) is 4.